The van der Waals surface area contributed by atoms with Gasteiger partial charge in [-0.2, -0.15) is 4.31 Å². The van der Waals surface area contributed by atoms with Crippen molar-refractivity contribution in [1.82, 2.24) is 9.21 Å². The van der Waals surface area contributed by atoms with Gasteiger partial charge < -0.3 is 4.90 Å². The molecule has 0 radical (unpaired) electrons. The summed E-state index contributed by atoms with van der Waals surface area (Å²) in [6.45, 7) is 2.13. The molecule has 2 aromatic rings. The molecule has 0 amide bonds. The predicted molar refractivity (Wildman–Crippen MR) is 91.7 cm³/mol. The molecule has 0 atom stereocenters. The van der Waals surface area contributed by atoms with Gasteiger partial charge in [0, 0.05) is 32.7 Å². The summed E-state index contributed by atoms with van der Waals surface area (Å²) >= 11 is 0. The Morgan fingerprint density at radius 1 is 0.846 bits per heavy atom. The summed E-state index contributed by atoms with van der Waals surface area (Å²) in [4.78, 5) is 1.47. The molecule has 0 unspecified atom stereocenters. The minimum absolute atomic E-state index is 0.210. The van der Waals surface area contributed by atoms with E-state index in [-0.39, 0.29) is 18.9 Å². The van der Waals surface area contributed by atoms with Gasteiger partial charge in [-0.3, -0.25) is 0 Å². The van der Waals surface area contributed by atoms with E-state index >= 15 is 0 Å². The lowest BCUT2D eigenvalue weighted by Crippen LogP contribution is -2.49. The summed E-state index contributed by atoms with van der Waals surface area (Å²) in [5.41, 5.74) is 1.00. The van der Waals surface area contributed by atoms with Crippen molar-refractivity contribution in [3.8, 4) is 0 Å². The summed E-state index contributed by atoms with van der Waals surface area (Å²) in [7, 11) is -4.06. The molecule has 140 valence electrons. The molecule has 4 nitrogen and oxygen atoms in total. The molecule has 0 aliphatic carbocycles. The largest absolute Gasteiger partial charge is 0.300 e. The van der Waals surface area contributed by atoms with Crippen molar-refractivity contribution in [2.45, 2.75) is 11.3 Å². The predicted octanol–water partition coefficient (Wildman–Crippen LogP) is 2.65. The molecule has 0 N–H and O–H groups in total. The van der Waals surface area contributed by atoms with Crippen molar-refractivity contribution >= 4 is 10.0 Å². The molecule has 1 aliphatic heterocycles. The van der Waals surface area contributed by atoms with Crippen LogP contribution >= 0.6 is 0 Å². The van der Waals surface area contributed by atoms with Crippen LogP contribution in [0.4, 0.5) is 13.2 Å². The van der Waals surface area contributed by atoms with Gasteiger partial charge in [-0.05, 0) is 42.3 Å². The lowest BCUT2D eigenvalue weighted by molar-refractivity contribution is 0.190. The number of nitrogens with zero attached hydrogens (tertiary/aromatic N) is 2. The van der Waals surface area contributed by atoms with E-state index in [1.165, 1.54) is 16.4 Å². The molecule has 1 fully saturated rings. The Labute approximate surface area is 150 Å². The molecule has 0 bridgehead atoms. The molecule has 1 aliphatic rings. The maximum atomic E-state index is 13.8. The van der Waals surface area contributed by atoms with Gasteiger partial charge in [0.15, 0.2) is 0 Å². The van der Waals surface area contributed by atoms with Crippen LogP contribution in [0, 0.1) is 17.5 Å². The molecule has 8 heteroatoms. The second-order valence-corrected chi connectivity index (χ2v) is 8.10. The lowest BCUT2D eigenvalue weighted by Gasteiger charge is -2.34. The normalized spacial score (nSPS) is 16.7. The second-order valence-electron chi connectivity index (χ2n) is 6.20. The number of hydrogen-bond acceptors (Lipinski definition) is 3. The van der Waals surface area contributed by atoms with E-state index in [0.717, 1.165) is 24.1 Å². The standard InChI is InChI=1S/C18H19F3N2O2S/c19-15-3-1-14(2-4-15)7-8-22-9-11-23(12-10-22)26(24,25)18-13-16(20)5-6-17(18)21/h1-6,13H,7-12H2. The topological polar surface area (TPSA) is 40.6 Å². The van der Waals surface area contributed by atoms with E-state index < -0.39 is 26.6 Å². The van der Waals surface area contributed by atoms with Gasteiger partial charge in [0.25, 0.3) is 0 Å². The maximum Gasteiger partial charge on any atom is 0.246 e. The zero-order valence-electron chi connectivity index (χ0n) is 14.0. The highest BCUT2D eigenvalue weighted by Gasteiger charge is 2.30. The van der Waals surface area contributed by atoms with Crippen molar-refractivity contribution in [3.05, 3.63) is 65.5 Å². The van der Waals surface area contributed by atoms with Crippen molar-refractivity contribution in [1.29, 1.82) is 0 Å². The molecular weight excluding hydrogens is 365 g/mol. The first-order valence-corrected chi connectivity index (χ1v) is 9.72. The Hall–Kier alpha value is -1.90. The molecule has 0 aromatic heterocycles. The maximum absolute atomic E-state index is 13.8. The fourth-order valence-corrected chi connectivity index (χ4v) is 4.44. The SMILES string of the molecule is O=S(=O)(c1cc(F)ccc1F)N1CCN(CCc2ccc(F)cc2)CC1. The van der Waals surface area contributed by atoms with E-state index in [2.05, 4.69) is 4.90 Å². The molecule has 26 heavy (non-hydrogen) atoms. The van der Waals surface area contributed by atoms with E-state index in [9.17, 15) is 21.6 Å². The highest BCUT2D eigenvalue weighted by molar-refractivity contribution is 7.89. The van der Waals surface area contributed by atoms with Crippen molar-refractivity contribution in [2.24, 2.45) is 0 Å². The van der Waals surface area contributed by atoms with Crippen molar-refractivity contribution < 1.29 is 21.6 Å². The van der Waals surface area contributed by atoms with Crippen molar-refractivity contribution in [2.75, 3.05) is 32.7 Å². The van der Waals surface area contributed by atoms with Crippen LogP contribution < -0.4 is 0 Å². The van der Waals surface area contributed by atoms with Crippen LogP contribution in [0.2, 0.25) is 0 Å². The van der Waals surface area contributed by atoms with Crippen LogP contribution in [-0.4, -0.2) is 50.3 Å². The summed E-state index contributed by atoms with van der Waals surface area (Å²) in [5, 5.41) is 0. The fourth-order valence-electron chi connectivity index (χ4n) is 2.95. The Morgan fingerprint density at radius 3 is 2.12 bits per heavy atom. The summed E-state index contributed by atoms with van der Waals surface area (Å²) in [6.07, 6.45) is 0.728. The third-order valence-corrected chi connectivity index (χ3v) is 6.39. The van der Waals surface area contributed by atoms with E-state index in [1.54, 1.807) is 12.1 Å². The van der Waals surface area contributed by atoms with Crippen LogP contribution in [0.1, 0.15) is 5.56 Å². The van der Waals surface area contributed by atoms with Crippen LogP contribution in [0.25, 0.3) is 0 Å². The average molecular weight is 384 g/mol. The molecule has 0 spiro atoms. The summed E-state index contributed by atoms with van der Waals surface area (Å²) in [6, 6.07) is 8.70. The summed E-state index contributed by atoms with van der Waals surface area (Å²) in [5.74, 6) is -2.02. The number of rotatable bonds is 5. The molecule has 2 aromatic carbocycles. The average Bonchev–Trinajstić information content (AvgIpc) is 2.63. The summed E-state index contributed by atoms with van der Waals surface area (Å²) < 4.78 is 66.3. The van der Waals surface area contributed by atoms with E-state index in [4.69, 9.17) is 0 Å². The minimum Gasteiger partial charge on any atom is -0.300 e. The number of benzene rings is 2. The highest BCUT2D eigenvalue weighted by Crippen LogP contribution is 2.21. The van der Waals surface area contributed by atoms with E-state index in [1.807, 2.05) is 0 Å². The Balaban J connectivity index is 1.59. The smallest absolute Gasteiger partial charge is 0.246 e. The van der Waals surface area contributed by atoms with Crippen LogP contribution in [0.3, 0.4) is 0 Å². The molecule has 1 heterocycles. The Bertz CT molecular complexity index is 865. The van der Waals surface area contributed by atoms with Gasteiger partial charge in [0.2, 0.25) is 10.0 Å². The first kappa shape index (κ1) is 18.9. The molecule has 3 rings (SSSR count). The van der Waals surface area contributed by atoms with Gasteiger partial charge in [0.1, 0.15) is 22.3 Å². The number of sulfonamides is 1. The zero-order valence-corrected chi connectivity index (χ0v) is 14.9. The zero-order chi connectivity index (χ0) is 18.7. The Morgan fingerprint density at radius 2 is 1.46 bits per heavy atom. The quantitative estimate of drug-likeness (QED) is 0.796. The van der Waals surface area contributed by atoms with Gasteiger partial charge in [-0.25, -0.2) is 21.6 Å². The monoisotopic (exact) mass is 384 g/mol. The van der Waals surface area contributed by atoms with Crippen molar-refractivity contribution in [3.63, 3.8) is 0 Å². The van der Waals surface area contributed by atoms with Gasteiger partial charge >= 0.3 is 0 Å². The molecule has 0 saturated carbocycles. The van der Waals surface area contributed by atoms with Crippen LogP contribution in [-0.2, 0) is 16.4 Å². The van der Waals surface area contributed by atoms with Gasteiger partial charge in [0.05, 0.1) is 0 Å². The van der Waals surface area contributed by atoms with E-state index in [0.29, 0.717) is 25.7 Å². The third kappa shape index (κ3) is 4.25. The Kier molecular flexibility index (Phi) is 5.64. The van der Waals surface area contributed by atoms with Crippen LogP contribution in [0.5, 0.6) is 0 Å². The molecular formula is C18H19F3N2O2S. The second kappa shape index (κ2) is 7.77. The lowest BCUT2D eigenvalue weighted by atomic mass is 10.1. The first-order chi connectivity index (χ1) is 12.4. The van der Waals surface area contributed by atoms with Crippen LogP contribution in [0.15, 0.2) is 47.4 Å². The van der Waals surface area contributed by atoms with Gasteiger partial charge in [-0.1, -0.05) is 12.1 Å². The number of hydrogen-bond donors (Lipinski definition) is 0. The number of halogens is 3. The van der Waals surface area contributed by atoms with Gasteiger partial charge in [-0.15, -0.1) is 0 Å². The number of piperazine rings is 1. The third-order valence-electron chi connectivity index (χ3n) is 4.47. The molecule has 1 saturated heterocycles. The fraction of sp³-hybridized carbons (Fsp3) is 0.333. The highest BCUT2D eigenvalue weighted by atomic mass is 32.2. The first-order valence-electron chi connectivity index (χ1n) is 8.28. The minimum atomic E-state index is -4.06.